The SMILES string of the molecule is COc1cc(F)c([C@@H]2CNC(=O)[C@H]2Nc2nnc(-c3ccc(Oc4cccc(OC)n4)cc3)o2)c(F)c1. The Hall–Kier alpha value is -4.74. The Balaban J connectivity index is 1.30. The van der Waals surface area contributed by atoms with Crippen LogP contribution in [-0.4, -0.2) is 47.9 Å². The zero-order valence-electron chi connectivity index (χ0n) is 19.7. The number of ether oxygens (including phenoxy) is 3. The second-order valence-electron chi connectivity index (χ2n) is 8.04. The van der Waals surface area contributed by atoms with Gasteiger partial charge in [-0.3, -0.25) is 4.79 Å². The van der Waals surface area contributed by atoms with Crippen molar-refractivity contribution >= 4 is 11.9 Å². The number of rotatable bonds is 8. The van der Waals surface area contributed by atoms with Gasteiger partial charge in [-0.25, -0.2) is 8.78 Å². The summed E-state index contributed by atoms with van der Waals surface area (Å²) in [4.78, 5) is 16.6. The third-order valence-electron chi connectivity index (χ3n) is 5.77. The number of aromatic nitrogens is 3. The Morgan fingerprint density at radius 2 is 1.70 bits per heavy atom. The van der Waals surface area contributed by atoms with Crippen molar-refractivity contribution in [3.8, 4) is 34.7 Å². The quantitative estimate of drug-likeness (QED) is 0.364. The Kier molecular flexibility index (Phi) is 6.54. The van der Waals surface area contributed by atoms with Gasteiger partial charge in [0.25, 0.3) is 0 Å². The molecule has 2 aromatic carbocycles. The van der Waals surface area contributed by atoms with Crippen molar-refractivity contribution in [2.45, 2.75) is 12.0 Å². The van der Waals surface area contributed by atoms with E-state index in [1.807, 2.05) is 0 Å². The van der Waals surface area contributed by atoms with Gasteiger partial charge in [-0.05, 0) is 24.3 Å². The molecule has 12 heteroatoms. The fraction of sp³-hybridized carbons (Fsp3) is 0.200. The van der Waals surface area contributed by atoms with Gasteiger partial charge in [-0.2, -0.15) is 4.98 Å². The van der Waals surface area contributed by atoms with Crippen LogP contribution in [0.5, 0.6) is 23.3 Å². The molecule has 0 saturated carbocycles. The van der Waals surface area contributed by atoms with Gasteiger partial charge in [0.1, 0.15) is 29.2 Å². The number of carbonyl (C=O) groups is 1. The Morgan fingerprint density at radius 3 is 2.41 bits per heavy atom. The first-order chi connectivity index (χ1) is 17.9. The number of pyridine rings is 1. The van der Waals surface area contributed by atoms with Crippen LogP contribution < -0.4 is 24.8 Å². The van der Waals surface area contributed by atoms with Gasteiger partial charge in [0.15, 0.2) is 0 Å². The molecule has 1 aliphatic heterocycles. The topological polar surface area (TPSA) is 121 Å². The molecule has 1 aliphatic rings. The highest BCUT2D eigenvalue weighted by atomic mass is 19.1. The summed E-state index contributed by atoms with van der Waals surface area (Å²) in [5.74, 6) is -1.41. The maximum Gasteiger partial charge on any atom is 0.316 e. The van der Waals surface area contributed by atoms with Gasteiger partial charge in [0, 0.05) is 47.9 Å². The van der Waals surface area contributed by atoms with Crippen LogP contribution in [0.4, 0.5) is 14.8 Å². The van der Waals surface area contributed by atoms with Crippen molar-refractivity contribution in [1.82, 2.24) is 20.5 Å². The summed E-state index contributed by atoms with van der Waals surface area (Å²) < 4.78 is 50.7. The molecule has 0 spiro atoms. The molecule has 2 atom stereocenters. The predicted octanol–water partition coefficient (Wildman–Crippen LogP) is 3.91. The molecule has 2 aromatic heterocycles. The van der Waals surface area contributed by atoms with Gasteiger partial charge >= 0.3 is 6.01 Å². The predicted molar refractivity (Wildman–Crippen MR) is 127 cm³/mol. The number of nitrogens with zero attached hydrogens (tertiary/aromatic N) is 3. The minimum absolute atomic E-state index is 0.0290. The minimum atomic E-state index is -1.03. The number of methoxy groups -OCH3 is 2. The van der Waals surface area contributed by atoms with Crippen LogP contribution in [0.15, 0.2) is 59.0 Å². The van der Waals surface area contributed by atoms with E-state index in [0.717, 1.165) is 12.1 Å². The van der Waals surface area contributed by atoms with E-state index in [9.17, 15) is 13.6 Å². The smallest absolute Gasteiger partial charge is 0.316 e. The summed E-state index contributed by atoms with van der Waals surface area (Å²) in [7, 11) is 2.83. The van der Waals surface area contributed by atoms with Crippen molar-refractivity contribution in [3.63, 3.8) is 0 Å². The molecule has 2 N–H and O–H groups in total. The van der Waals surface area contributed by atoms with E-state index in [4.69, 9.17) is 18.6 Å². The Morgan fingerprint density at radius 1 is 0.973 bits per heavy atom. The highest BCUT2D eigenvalue weighted by molar-refractivity contribution is 5.88. The molecule has 0 unspecified atom stereocenters. The van der Waals surface area contributed by atoms with Crippen molar-refractivity contribution in [2.24, 2.45) is 0 Å². The largest absolute Gasteiger partial charge is 0.497 e. The van der Waals surface area contributed by atoms with Gasteiger partial charge in [0.05, 0.1) is 14.2 Å². The number of hydrogen-bond acceptors (Lipinski definition) is 9. The summed E-state index contributed by atoms with van der Waals surface area (Å²) in [6, 6.07) is 13.0. The third kappa shape index (κ3) is 4.99. The van der Waals surface area contributed by atoms with E-state index < -0.39 is 29.5 Å². The average Bonchev–Trinajstić information content (AvgIpc) is 3.51. The van der Waals surface area contributed by atoms with Crippen molar-refractivity contribution < 1.29 is 32.2 Å². The first-order valence-corrected chi connectivity index (χ1v) is 11.1. The standard InChI is InChI=1S/C25H21F2N5O5/c1-34-15-10-17(26)21(18(27)11-15)16-12-28-23(33)22(16)30-25-32-31-24(37-25)13-6-8-14(9-7-13)36-20-5-3-4-19(29-20)35-2/h3-11,16,22H,12H2,1-2H3,(H,28,33)(H,30,32)/t16-,22-/m0/s1. The van der Waals surface area contributed by atoms with Crippen LogP contribution in [-0.2, 0) is 4.79 Å². The maximum atomic E-state index is 14.7. The number of carbonyl (C=O) groups excluding carboxylic acids is 1. The van der Waals surface area contributed by atoms with Crippen molar-refractivity contribution in [2.75, 3.05) is 26.1 Å². The minimum Gasteiger partial charge on any atom is -0.497 e. The number of anilines is 1. The van der Waals surface area contributed by atoms with Gasteiger partial charge in [-0.15, -0.1) is 5.10 Å². The molecule has 0 radical (unpaired) electrons. The molecule has 1 saturated heterocycles. The van der Waals surface area contributed by atoms with E-state index in [1.54, 1.807) is 42.5 Å². The number of hydrogen-bond donors (Lipinski definition) is 2. The Labute approximate surface area is 209 Å². The van der Waals surface area contributed by atoms with Crippen LogP contribution in [0.2, 0.25) is 0 Å². The zero-order valence-corrected chi connectivity index (χ0v) is 19.7. The highest BCUT2D eigenvalue weighted by Crippen LogP contribution is 2.33. The van der Waals surface area contributed by atoms with Crippen molar-refractivity contribution in [3.05, 3.63) is 71.8 Å². The van der Waals surface area contributed by atoms with E-state index in [2.05, 4.69) is 25.8 Å². The van der Waals surface area contributed by atoms with Crippen LogP contribution in [0.3, 0.4) is 0 Å². The number of halogens is 2. The lowest BCUT2D eigenvalue weighted by atomic mass is 9.93. The Bertz CT molecular complexity index is 1410. The third-order valence-corrected chi connectivity index (χ3v) is 5.77. The number of benzene rings is 2. The second kappa shape index (κ2) is 10.1. The monoisotopic (exact) mass is 509 g/mol. The normalized spacial score (nSPS) is 16.8. The van der Waals surface area contributed by atoms with E-state index in [-0.39, 0.29) is 29.8 Å². The fourth-order valence-corrected chi connectivity index (χ4v) is 3.97. The molecule has 1 fully saturated rings. The van der Waals surface area contributed by atoms with E-state index >= 15 is 0 Å². The van der Waals surface area contributed by atoms with Gasteiger partial charge in [0.2, 0.25) is 23.6 Å². The zero-order chi connectivity index (χ0) is 25.9. The lowest BCUT2D eigenvalue weighted by Crippen LogP contribution is -2.33. The molecule has 37 heavy (non-hydrogen) atoms. The molecular formula is C25H21F2N5O5. The van der Waals surface area contributed by atoms with E-state index in [0.29, 0.717) is 23.1 Å². The van der Waals surface area contributed by atoms with Gasteiger partial charge in [-0.1, -0.05) is 11.2 Å². The van der Waals surface area contributed by atoms with Crippen molar-refractivity contribution in [1.29, 1.82) is 0 Å². The molecule has 0 aliphatic carbocycles. The summed E-state index contributed by atoms with van der Waals surface area (Å²) in [5, 5.41) is 13.3. The first kappa shape index (κ1) is 24.0. The molecule has 5 rings (SSSR count). The van der Waals surface area contributed by atoms with Crippen LogP contribution >= 0.6 is 0 Å². The molecule has 3 heterocycles. The molecule has 10 nitrogen and oxygen atoms in total. The maximum absolute atomic E-state index is 14.7. The lowest BCUT2D eigenvalue weighted by Gasteiger charge is -2.19. The number of nitrogens with one attached hydrogen (secondary N) is 2. The second-order valence-corrected chi connectivity index (χ2v) is 8.04. The summed E-state index contributed by atoms with van der Waals surface area (Å²) in [6.07, 6.45) is 0. The van der Waals surface area contributed by atoms with Gasteiger partial charge < -0.3 is 29.3 Å². The van der Waals surface area contributed by atoms with Crippen LogP contribution in [0.1, 0.15) is 11.5 Å². The molecule has 0 bridgehead atoms. The molecular weight excluding hydrogens is 488 g/mol. The molecule has 1 amide bonds. The molecule has 4 aromatic rings. The summed E-state index contributed by atoms with van der Waals surface area (Å²) in [5.41, 5.74) is 0.351. The fourth-order valence-electron chi connectivity index (χ4n) is 3.97. The summed E-state index contributed by atoms with van der Waals surface area (Å²) >= 11 is 0. The highest BCUT2D eigenvalue weighted by Gasteiger charge is 2.40. The number of amides is 1. The van der Waals surface area contributed by atoms with Crippen LogP contribution in [0.25, 0.3) is 11.5 Å². The average molecular weight is 509 g/mol. The molecule has 190 valence electrons. The first-order valence-electron chi connectivity index (χ1n) is 11.1. The van der Waals surface area contributed by atoms with Crippen LogP contribution in [0, 0.1) is 11.6 Å². The van der Waals surface area contributed by atoms with E-state index in [1.165, 1.54) is 14.2 Å². The summed E-state index contributed by atoms with van der Waals surface area (Å²) in [6.45, 7) is 0.0290. The lowest BCUT2D eigenvalue weighted by molar-refractivity contribution is -0.119.